The van der Waals surface area contributed by atoms with E-state index in [0.717, 1.165) is 11.3 Å². The van der Waals surface area contributed by atoms with Crippen LogP contribution < -0.4 is 5.73 Å². The molecule has 0 aliphatic heterocycles. The molecule has 1 aromatic heterocycles. The van der Waals surface area contributed by atoms with Crippen LogP contribution in [0.4, 0.5) is 4.39 Å². The summed E-state index contributed by atoms with van der Waals surface area (Å²) in [6.07, 6.45) is 4.02. The van der Waals surface area contributed by atoms with Gasteiger partial charge in [-0.25, -0.2) is 4.39 Å². The number of hydrogen-bond acceptors (Lipinski definition) is 3. The minimum atomic E-state index is -0.273. The average Bonchev–Trinajstić information content (AvgIpc) is 2.30. The third kappa shape index (κ3) is 2.41. The summed E-state index contributed by atoms with van der Waals surface area (Å²) in [7, 11) is 0. The summed E-state index contributed by atoms with van der Waals surface area (Å²) in [5.41, 5.74) is 7.66. The van der Waals surface area contributed by atoms with Gasteiger partial charge in [0.15, 0.2) is 0 Å². The number of nitrogens with two attached hydrogens (primary N) is 1. The molecule has 82 valence electrons. The molecule has 0 saturated heterocycles. The third-order valence-corrected chi connectivity index (χ3v) is 2.23. The Hall–Kier alpha value is -1.81. The molecule has 0 spiro atoms. The fraction of sp³-hybridized carbons (Fsp3) is 0.167. The van der Waals surface area contributed by atoms with Gasteiger partial charge >= 0.3 is 0 Å². The molecule has 3 nitrogen and oxygen atoms in total. The van der Waals surface area contributed by atoms with Crippen molar-refractivity contribution < 1.29 is 4.39 Å². The number of rotatable bonds is 3. The minimum Gasteiger partial charge on any atom is -0.330 e. The Kier molecular flexibility index (Phi) is 3.22. The molecule has 0 atom stereocenters. The summed E-state index contributed by atoms with van der Waals surface area (Å²) in [5.74, 6) is -0.273. The van der Waals surface area contributed by atoms with E-state index in [1.807, 2.05) is 0 Å². The number of hydrogen-bond donors (Lipinski definition) is 1. The lowest BCUT2D eigenvalue weighted by Crippen LogP contribution is -2.04. The zero-order valence-electron chi connectivity index (χ0n) is 8.73. The van der Waals surface area contributed by atoms with E-state index in [-0.39, 0.29) is 5.82 Å². The zero-order valence-corrected chi connectivity index (χ0v) is 8.73. The number of benzene rings is 1. The number of aromatic nitrogens is 2. The van der Waals surface area contributed by atoms with Gasteiger partial charge in [-0.05, 0) is 18.7 Å². The van der Waals surface area contributed by atoms with Gasteiger partial charge in [-0.15, -0.1) is 0 Å². The van der Waals surface area contributed by atoms with Gasteiger partial charge in [-0.1, -0.05) is 12.1 Å². The summed E-state index contributed by atoms with van der Waals surface area (Å²) in [4.78, 5) is 8.43. The van der Waals surface area contributed by atoms with Gasteiger partial charge in [0.05, 0.1) is 17.6 Å². The molecular weight excluding hydrogens is 205 g/mol. The van der Waals surface area contributed by atoms with Gasteiger partial charge in [0.25, 0.3) is 0 Å². The van der Waals surface area contributed by atoms with Crippen molar-refractivity contribution in [2.45, 2.75) is 6.42 Å². The summed E-state index contributed by atoms with van der Waals surface area (Å²) < 4.78 is 13.0. The topological polar surface area (TPSA) is 51.8 Å². The Morgan fingerprint density at radius 2 is 2.06 bits per heavy atom. The molecule has 2 aromatic rings. The molecule has 1 aromatic carbocycles. The van der Waals surface area contributed by atoms with E-state index in [1.54, 1.807) is 24.5 Å². The highest BCUT2D eigenvalue weighted by Crippen LogP contribution is 2.16. The maximum Gasteiger partial charge on any atom is 0.123 e. The summed E-state index contributed by atoms with van der Waals surface area (Å²) in [5, 5.41) is 0. The van der Waals surface area contributed by atoms with Crippen molar-refractivity contribution in [3.63, 3.8) is 0 Å². The second-order valence-electron chi connectivity index (χ2n) is 3.44. The van der Waals surface area contributed by atoms with E-state index in [2.05, 4.69) is 9.97 Å². The van der Waals surface area contributed by atoms with Crippen LogP contribution in [0.1, 0.15) is 5.69 Å². The summed E-state index contributed by atoms with van der Waals surface area (Å²) in [6.45, 7) is 0.550. The fourth-order valence-electron chi connectivity index (χ4n) is 1.43. The smallest absolute Gasteiger partial charge is 0.123 e. The van der Waals surface area contributed by atoms with Crippen molar-refractivity contribution in [2.75, 3.05) is 6.54 Å². The molecule has 2 rings (SSSR count). The van der Waals surface area contributed by atoms with Gasteiger partial charge in [0, 0.05) is 18.2 Å². The molecule has 0 aliphatic rings. The Balaban J connectivity index is 2.27. The van der Waals surface area contributed by atoms with Crippen LogP contribution in [0.3, 0.4) is 0 Å². The van der Waals surface area contributed by atoms with E-state index in [1.165, 1.54) is 12.1 Å². The largest absolute Gasteiger partial charge is 0.330 e. The molecule has 2 N–H and O–H groups in total. The first-order valence-corrected chi connectivity index (χ1v) is 5.06. The van der Waals surface area contributed by atoms with Gasteiger partial charge < -0.3 is 5.73 Å². The molecule has 0 aliphatic carbocycles. The van der Waals surface area contributed by atoms with Crippen LogP contribution in [0.5, 0.6) is 0 Å². The summed E-state index contributed by atoms with van der Waals surface area (Å²) >= 11 is 0. The zero-order chi connectivity index (χ0) is 11.4. The van der Waals surface area contributed by atoms with Gasteiger partial charge in [-0.2, -0.15) is 0 Å². The lowest BCUT2D eigenvalue weighted by Gasteiger charge is -2.02. The van der Waals surface area contributed by atoms with E-state index in [9.17, 15) is 4.39 Å². The van der Waals surface area contributed by atoms with Crippen molar-refractivity contribution in [1.82, 2.24) is 9.97 Å². The van der Waals surface area contributed by atoms with Crippen molar-refractivity contribution in [1.29, 1.82) is 0 Å². The lowest BCUT2D eigenvalue weighted by molar-refractivity contribution is 0.628. The van der Waals surface area contributed by atoms with Gasteiger partial charge in [-0.3, -0.25) is 9.97 Å². The predicted molar refractivity (Wildman–Crippen MR) is 60.2 cm³/mol. The Bertz CT molecular complexity index is 468. The first-order chi connectivity index (χ1) is 7.79. The molecule has 0 amide bonds. The maximum absolute atomic E-state index is 13.0. The SMILES string of the molecule is NCCc1cnc(-c2cccc(F)c2)cn1. The Labute approximate surface area is 93.2 Å². The van der Waals surface area contributed by atoms with E-state index >= 15 is 0 Å². The van der Waals surface area contributed by atoms with Crippen molar-refractivity contribution in [2.24, 2.45) is 5.73 Å². The van der Waals surface area contributed by atoms with Crippen LogP contribution in [-0.2, 0) is 6.42 Å². The molecule has 0 bridgehead atoms. The van der Waals surface area contributed by atoms with E-state index in [4.69, 9.17) is 5.73 Å². The van der Waals surface area contributed by atoms with Crippen LogP contribution in [0.2, 0.25) is 0 Å². The molecule has 16 heavy (non-hydrogen) atoms. The van der Waals surface area contributed by atoms with E-state index in [0.29, 0.717) is 18.7 Å². The quantitative estimate of drug-likeness (QED) is 0.852. The molecular formula is C12H12FN3. The normalized spacial score (nSPS) is 10.4. The molecule has 0 fully saturated rings. The number of nitrogens with zero attached hydrogens (tertiary/aromatic N) is 2. The second kappa shape index (κ2) is 4.81. The first kappa shape index (κ1) is 10.7. The average molecular weight is 217 g/mol. The Morgan fingerprint density at radius 3 is 2.69 bits per heavy atom. The first-order valence-electron chi connectivity index (χ1n) is 5.06. The van der Waals surface area contributed by atoms with Crippen molar-refractivity contribution in [3.05, 3.63) is 48.2 Å². The molecule has 0 unspecified atom stereocenters. The fourth-order valence-corrected chi connectivity index (χ4v) is 1.43. The molecule has 0 saturated carbocycles. The predicted octanol–water partition coefficient (Wildman–Crippen LogP) is 1.78. The standard InChI is InChI=1S/C12H12FN3/c13-10-3-1-2-9(6-10)12-8-15-11(4-5-14)7-16-12/h1-3,6-8H,4-5,14H2. The van der Waals surface area contributed by atoms with Crippen LogP contribution >= 0.6 is 0 Å². The second-order valence-corrected chi connectivity index (χ2v) is 3.44. The molecule has 1 heterocycles. The highest BCUT2D eigenvalue weighted by Gasteiger charge is 2.01. The van der Waals surface area contributed by atoms with Crippen LogP contribution in [0.25, 0.3) is 11.3 Å². The molecule has 4 heteroatoms. The van der Waals surface area contributed by atoms with E-state index < -0.39 is 0 Å². The van der Waals surface area contributed by atoms with Crippen LogP contribution in [0, 0.1) is 5.82 Å². The van der Waals surface area contributed by atoms with Crippen LogP contribution in [-0.4, -0.2) is 16.5 Å². The third-order valence-electron chi connectivity index (χ3n) is 2.23. The van der Waals surface area contributed by atoms with Crippen LogP contribution in [0.15, 0.2) is 36.7 Å². The lowest BCUT2D eigenvalue weighted by atomic mass is 10.1. The van der Waals surface area contributed by atoms with Crippen molar-refractivity contribution in [3.8, 4) is 11.3 Å². The monoisotopic (exact) mass is 217 g/mol. The Morgan fingerprint density at radius 1 is 1.19 bits per heavy atom. The highest BCUT2D eigenvalue weighted by atomic mass is 19.1. The minimum absolute atomic E-state index is 0.273. The van der Waals surface area contributed by atoms with Gasteiger partial charge in [0.2, 0.25) is 0 Å². The molecule has 0 radical (unpaired) electrons. The maximum atomic E-state index is 13.0. The highest BCUT2D eigenvalue weighted by molar-refractivity contribution is 5.57. The van der Waals surface area contributed by atoms with Crippen molar-refractivity contribution >= 4 is 0 Å². The van der Waals surface area contributed by atoms with Gasteiger partial charge in [0.1, 0.15) is 5.82 Å². The number of halogens is 1. The summed E-state index contributed by atoms with van der Waals surface area (Å²) in [6, 6.07) is 6.29.